The van der Waals surface area contributed by atoms with Gasteiger partial charge in [-0.1, -0.05) is 24.6 Å². The van der Waals surface area contributed by atoms with Crippen LogP contribution in [0, 0.1) is 5.82 Å². The molecule has 22 heavy (non-hydrogen) atoms. The van der Waals surface area contributed by atoms with Gasteiger partial charge >= 0.3 is 0 Å². The average molecular weight is 340 g/mol. The summed E-state index contributed by atoms with van der Waals surface area (Å²) in [6.07, 6.45) is 2.54. The lowest BCUT2D eigenvalue weighted by atomic mass is 10.0. The number of aromatic nitrogens is 1. The molecule has 0 saturated heterocycles. The van der Waals surface area contributed by atoms with Crippen LogP contribution in [-0.4, -0.2) is 29.3 Å². The van der Waals surface area contributed by atoms with E-state index in [0.29, 0.717) is 5.02 Å². The number of halogens is 2. The van der Waals surface area contributed by atoms with Gasteiger partial charge in [0.2, 0.25) is 0 Å². The fourth-order valence-corrected chi connectivity index (χ4v) is 3.08. The first-order valence-corrected chi connectivity index (χ1v) is 8.46. The van der Waals surface area contributed by atoms with Crippen molar-refractivity contribution in [2.75, 3.05) is 13.6 Å². The number of hydrogen-bond donors (Lipinski definition) is 0. The summed E-state index contributed by atoms with van der Waals surface area (Å²) in [5.41, 5.74) is 0.837. The van der Waals surface area contributed by atoms with Crippen molar-refractivity contribution in [2.24, 2.45) is 4.99 Å². The Morgan fingerprint density at radius 1 is 1.45 bits per heavy atom. The third kappa shape index (κ3) is 3.84. The minimum atomic E-state index is -0.335. The van der Waals surface area contributed by atoms with Gasteiger partial charge < -0.3 is 4.90 Å². The van der Waals surface area contributed by atoms with Crippen LogP contribution in [0.4, 0.5) is 4.39 Å². The van der Waals surface area contributed by atoms with Crippen molar-refractivity contribution in [3.63, 3.8) is 0 Å². The predicted octanol–water partition coefficient (Wildman–Crippen LogP) is 4.79. The zero-order chi connectivity index (χ0) is 16.1. The maximum atomic E-state index is 13.2. The number of rotatable bonds is 5. The summed E-state index contributed by atoms with van der Waals surface area (Å²) in [5, 5.41) is 3.22. The average Bonchev–Trinajstić information content (AvgIpc) is 3.03. The first-order valence-electron chi connectivity index (χ1n) is 7.20. The highest BCUT2D eigenvalue weighted by atomic mass is 35.5. The van der Waals surface area contributed by atoms with Crippen LogP contribution in [0.3, 0.4) is 0 Å². The molecule has 0 saturated carbocycles. The lowest BCUT2D eigenvalue weighted by Gasteiger charge is -2.21. The van der Waals surface area contributed by atoms with E-state index in [1.807, 2.05) is 19.4 Å². The Labute approximate surface area is 139 Å². The molecule has 0 aliphatic rings. The lowest BCUT2D eigenvalue weighted by Crippen LogP contribution is -2.28. The molecular weight excluding hydrogens is 321 g/mol. The molecule has 0 aliphatic carbocycles. The topological polar surface area (TPSA) is 28.5 Å². The van der Waals surface area contributed by atoms with Crippen LogP contribution in [0.5, 0.6) is 0 Å². The van der Waals surface area contributed by atoms with Gasteiger partial charge in [-0.05, 0) is 31.0 Å². The van der Waals surface area contributed by atoms with Crippen molar-refractivity contribution in [3.8, 4) is 0 Å². The van der Waals surface area contributed by atoms with E-state index < -0.39 is 0 Å². The SMILES string of the molecule is CC[C@@H](N=C(c1nccs1)N(C)CC)c1ccc(F)cc1Cl. The number of benzene rings is 1. The van der Waals surface area contributed by atoms with Crippen LogP contribution in [0.25, 0.3) is 0 Å². The Hall–Kier alpha value is -1.46. The van der Waals surface area contributed by atoms with Crippen molar-refractivity contribution in [2.45, 2.75) is 26.3 Å². The largest absolute Gasteiger partial charge is 0.358 e. The van der Waals surface area contributed by atoms with Crippen molar-refractivity contribution < 1.29 is 4.39 Å². The van der Waals surface area contributed by atoms with Crippen molar-refractivity contribution >= 4 is 28.8 Å². The maximum Gasteiger partial charge on any atom is 0.160 e. The Bertz CT molecular complexity index is 643. The summed E-state index contributed by atoms with van der Waals surface area (Å²) in [7, 11) is 1.99. The molecule has 0 amide bonds. The lowest BCUT2D eigenvalue weighted by molar-refractivity contribution is 0.525. The van der Waals surface area contributed by atoms with E-state index in [0.717, 1.165) is 29.4 Å². The first-order chi connectivity index (χ1) is 10.6. The van der Waals surface area contributed by atoms with E-state index in [2.05, 4.69) is 16.8 Å². The Kier molecular flexibility index (Phi) is 5.91. The molecule has 118 valence electrons. The quantitative estimate of drug-likeness (QED) is 0.579. The van der Waals surface area contributed by atoms with Gasteiger partial charge in [0.15, 0.2) is 10.8 Å². The normalized spacial score (nSPS) is 13.2. The highest BCUT2D eigenvalue weighted by Crippen LogP contribution is 2.30. The molecule has 0 radical (unpaired) electrons. The van der Waals surface area contributed by atoms with Gasteiger partial charge in [0.25, 0.3) is 0 Å². The predicted molar refractivity (Wildman–Crippen MR) is 91.4 cm³/mol. The summed E-state index contributed by atoms with van der Waals surface area (Å²) in [5.74, 6) is 0.503. The van der Waals surface area contributed by atoms with Gasteiger partial charge in [-0.15, -0.1) is 11.3 Å². The molecule has 1 atom stereocenters. The standard InChI is InChI=1S/C16H19ClFN3S/c1-4-14(12-7-6-11(18)10-13(12)17)20-15(21(3)5-2)16-19-8-9-22-16/h6-10,14H,4-5H2,1-3H3/t14-/m1/s1. The Balaban J connectivity index is 2.43. The van der Waals surface area contributed by atoms with Crippen molar-refractivity contribution in [3.05, 3.63) is 51.2 Å². The van der Waals surface area contributed by atoms with E-state index in [1.165, 1.54) is 12.1 Å². The smallest absolute Gasteiger partial charge is 0.160 e. The number of amidine groups is 1. The van der Waals surface area contributed by atoms with E-state index in [4.69, 9.17) is 16.6 Å². The summed E-state index contributed by atoms with van der Waals surface area (Å²) < 4.78 is 13.2. The monoisotopic (exact) mass is 339 g/mol. The van der Waals surface area contributed by atoms with E-state index in [9.17, 15) is 4.39 Å². The fraction of sp³-hybridized carbons (Fsp3) is 0.375. The summed E-state index contributed by atoms with van der Waals surface area (Å²) in [4.78, 5) is 11.3. The molecular formula is C16H19ClFN3S. The molecule has 2 aromatic rings. The van der Waals surface area contributed by atoms with Crippen molar-refractivity contribution in [1.29, 1.82) is 0 Å². The molecule has 1 aromatic carbocycles. The van der Waals surface area contributed by atoms with Gasteiger partial charge in [0.1, 0.15) is 5.82 Å². The Morgan fingerprint density at radius 2 is 2.23 bits per heavy atom. The highest BCUT2D eigenvalue weighted by Gasteiger charge is 2.17. The van der Waals surface area contributed by atoms with Gasteiger partial charge in [-0.25, -0.2) is 9.37 Å². The van der Waals surface area contributed by atoms with E-state index in [1.54, 1.807) is 23.6 Å². The zero-order valence-corrected chi connectivity index (χ0v) is 14.5. The van der Waals surface area contributed by atoms with Crippen molar-refractivity contribution in [1.82, 2.24) is 9.88 Å². The molecule has 0 fully saturated rings. The summed E-state index contributed by atoms with van der Waals surface area (Å²) in [6.45, 7) is 4.93. The van der Waals surface area contributed by atoms with Gasteiger partial charge in [0.05, 0.1) is 6.04 Å². The molecule has 1 aromatic heterocycles. The Morgan fingerprint density at radius 3 is 2.77 bits per heavy atom. The molecule has 0 bridgehead atoms. The van der Waals surface area contributed by atoms with E-state index >= 15 is 0 Å². The second-order valence-electron chi connectivity index (χ2n) is 4.89. The number of thiazole rings is 1. The van der Waals surface area contributed by atoms with Crippen LogP contribution in [0.15, 0.2) is 34.8 Å². The summed E-state index contributed by atoms with van der Waals surface area (Å²) >= 11 is 7.74. The van der Waals surface area contributed by atoms with Crippen LogP contribution >= 0.6 is 22.9 Å². The molecule has 3 nitrogen and oxygen atoms in total. The first kappa shape index (κ1) is 16.9. The van der Waals surface area contributed by atoms with E-state index in [-0.39, 0.29) is 11.9 Å². The van der Waals surface area contributed by atoms with Crippen LogP contribution in [0.2, 0.25) is 5.02 Å². The van der Waals surface area contributed by atoms with Gasteiger partial charge in [0, 0.05) is 30.2 Å². The second-order valence-corrected chi connectivity index (χ2v) is 6.20. The molecule has 1 heterocycles. The van der Waals surface area contributed by atoms with Crippen LogP contribution < -0.4 is 0 Å². The summed E-state index contributed by atoms with van der Waals surface area (Å²) in [6, 6.07) is 4.34. The molecule has 2 rings (SSSR count). The second kappa shape index (κ2) is 7.70. The molecule has 0 unspecified atom stereocenters. The molecule has 6 heteroatoms. The third-order valence-corrected chi connectivity index (χ3v) is 4.54. The minimum Gasteiger partial charge on any atom is -0.358 e. The van der Waals surface area contributed by atoms with Gasteiger partial charge in [-0.2, -0.15) is 0 Å². The van der Waals surface area contributed by atoms with Gasteiger partial charge in [-0.3, -0.25) is 4.99 Å². The maximum absolute atomic E-state index is 13.2. The molecule has 0 aliphatic heterocycles. The number of aliphatic imine (C=N–C) groups is 1. The third-order valence-electron chi connectivity index (χ3n) is 3.45. The minimum absolute atomic E-state index is 0.124. The highest BCUT2D eigenvalue weighted by molar-refractivity contribution is 7.11. The number of nitrogens with zero attached hydrogens (tertiary/aromatic N) is 3. The van der Waals surface area contributed by atoms with Crippen LogP contribution in [0.1, 0.15) is 36.9 Å². The zero-order valence-electron chi connectivity index (χ0n) is 12.9. The fourth-order valence-electron chi connectivity index (χ4n) is 2.10. The molecule has 0 spiro atoms. The number of hydrogen-bond acceptors (Lipinski definition) is 3. The molecule has 0 N–H and O–H groups in total. The van der Waals surface area contributed by atoms with Crippen LogP contribution in [-0.2, 0) is 0 Å².